The van der Waals surface area contributed by atoms with Gasteiger partial charge in [0, 0.05) is 12.6 Å². The maximum absolute atomic E-state index is 14.1. The summed E-state index contributed by atoms with van der Waals surface area (Å²) in [6.45, 7) is 9.25. The lowest BCUT2D eigenvalue weighted by molar-refractivity contribution is -0.139. The predicted octanol–water partition coefficient (Wildman–Crippen LogP) is 4.93. The third-order valence-corrected chi connectivity index (χ3v) is 8.77. The van der Waals surface area contributed by atoms with Gasteiger partial charge < -0.3 is 19.7 Å². The van der Waals surface area contributed by atoms with E-state index in [4.69, 9.17) is 9.47 Å². The number of ether oxygens (including phenoxy) is 2. The summed E-state index contributed by atoms with van der Waals surface area (Å²) < 4.78 is 39.9. The van der Waals surface area contributed by atoms with Crippen LogP contribution >= 0.6 is 0 Å². The van der Waals surface area contributed by atoms with E-state index in [2.05, 4.69) is 5.32 Å². The van der Waals surface area contributed by atoms with Crippen molar-refractivity contribution in [1.29, 1.82) is 0 Å². The molecular weight excluding hydrogens is 554 g/mol. The number of aryl methyl sites for hydroxylation is 1. The van der Waals surface area contributed by atoms with Crippen molar-refractivity contribution >= 4 is 27.5 Å². The molecule has 0 aromatic heterocycles. The highest BCUT2D eigenvalue weighted by Gasteiger charge is 2.33. The molecule has 1 N–H and O–H groups in total. The average Bonchev–Trinajstić information content (AvgIpc) is 2.99. The second-order valence-corrected chi connectivity index (χ2v) is 12.0. The minimum absolute atomic E-state index is 0.0150. The lowest BCUT2D eigenvalue weighted by Crippen LogP contribution is -2.52. The predicted molar refractivity (Wildman–Crippen MR) is 164 cm³/mol. The molecule has 0 saturated heterocycles. The van der Waals surface area contributed by atoms with E-state index in [0.29, 0.717) is 23.8 Å². The monoisotopic (exact) mass is 595 g/mol. The van der Waals surface area contributed by atoms with Crippen molar-refractivity contribution in [1.82, 2.24) is 10.2 Å². The first-order valence-corrected chi connectivity index (χ1v) is 15.5. The van der Waals surface area contributed by atoms with Gasteiger partial charge in [0.25, 0.3) is 10.0 Å². The number of benzene rings is 3. The zero-order valence-electron chi connectivity index (χ0n) is 25.2. The van der Waals surface area contributed by atoms with Crippen LogP contribution in [-0.2, 0) is 26.2 Å². The van der Waals surface area contributed by atoms with E-state index in [1.807, 2.05) is 33.8 Å². The molecule has 0 spiro atoms. The zero-order chi connectivity index (χ0) is 30.9. The maximum Gasteiger partial charge on any atom is 0.264 e. The van der Waals surface area contributed by atoms with Gasteiger partial charge in [-0.05, 0) is 88.2 Å². The van der Waals surface area contributed by atoms with Crippen LogP contribution in [0, 0.1) is 6.92 Å². The highest BCUT2D eigenvalue weighted by atomic mass is 32.2. The van der Waals surface area contributed by atoms with Gasteiger partial charge in [-0.3, -0.25) is 13.9 Å². The van der Waals surface area contributed by atoms with Crippen molar-refractivity contribution in [2.24, 2.45) is 0 Å². The molecule has 0 heterocycles. The van der Waals surface area contributed by atoms with Crippen LogP contribution in [0.25, 0.3) is 0 Å². The first-order valence-electron chi connectivity index (χ1n) is 14.0. The molecule has 0 radical (unpaired) electrons. The summed E-state index contributed by atoms with van der Waals surface area (Å²) in [4.78, 5) is 28.7. The van der Waals surface area contributed by atoms with E-state index >= 15 is 0 Å². The molecule has 0 aliphatic carbocycles. The van der Waals surface area contributed by atoms with Gasteiger partial charge in [0.05, 0.1) is 24.3 Å². The normalized spacial score (nSPS) is 12.6. The first kappa shape index (κ1) is 32.5. The molecule has 3 aromatic rings. The molecule has 2 atom stereocenters. The summed E-state index contributed by atoms with van der Waals surface area (Å²) in [7, 11) is -2.62. The highest BCUT2D eigenvalue weighted by molar-refractivity contribution is 7.92. The number of hydrogen-bond acceptors (Lipinski definition) is 6. The molecule has 9 nitrogen and oxygen atoms in total. The number of carbonyl (C=O) groups excluding carboxylic acids is 2. The van der Waals surface area contributed by atoms with E-state index in [-0.39, 0.29) is 23.4 Å². The van der Waals surface area contributed by atoms with Gasteiger partial charge >= 0.3 is 0 Å². The van der Waals surface area contributed by atoms with Gasteiger partial charge in [-0.2, -0.15) is 0 Å². The molecule has 3 aromatic carbocycles. The van der Waals surface area contributed by atoms with Crippen LogP contribution in [0.3, 0.4) is 0 Å². The first-order chi connectivity index (χ1) is 20.0. The molecule has 0 bridgehead atoms. The second-order valence-electron chi connectivity index (χ2n) is 10.1. The fraction of sp³-hybridized carbons (Fsp3) is 0.375. The molecule has 0 aliphatic rings. The van der Waals surface area contributed by atoms with Gasteiger partial charge in [0.1, 0.15) is 24.1 Å². The number of carbonyl (C=O) groups is 2. The topological polar surface area (TPSA) is 105 Å². The number of hydrogen-bond donors (Lipinski definition) is 1. The Hall–Kier alpha value is -4.05. The number of nitrogens with one attached hydrogen (secondary N) is 1. The second kappa shape index (κ2) is 14.7. The SMILES string of the molecule is CCOc1ccc(S(=O)(=O)N(CC(=O)N(Cc2cccc(OC)c2)[C@H](C)C(=O)N[C@H](C)CC)c2ccc(C)cc2)cc1. The summed E-state index contributed by atoms with van der Waals surface area (Å²) in [5.74, 6) is 0.299. The number of nitrogens with zero attached hydrogens (tertiary/aromatic N) is 2. The lowest BCUT2D eigenvalue weighted by Gasteiger charge is -2.32. The Morgan fingerprint density at radius 1 is 0.929 bits per heavy atom. The maximum atomic E-state index is 14.1. The zero-order valence-corrected chi connectivity index (χ0v) is 26.0. The van der Waals surface area contributed by atoms with Crippen molar-refractivity contribution in [3.63, 3.8) is 0 Å². The molecule has 0 aliphatic heterocycles. The van der Waals surface area contributed by atoms with E-state index in [1.54, 1.807) is 68.6 Å². The molecule has 0 unspecified atom stereocenters. The van der Waals surface area contributed by atoms with Gasteiger partial charge in [-0.1, -0.05) is 36.8 Å². The largest absolute Gasteiger partial charge is 0.497 e. The Kier molecular flexibility index (Phi) is 11.4. The standard InChI is InChI=1S/C32H41N3O6S/c1-7-24(4)33-32(37)25(5)34(21-26-10-9-11-29(20-26)40-6)31(36)22-35(27-14-12-23(3)13-15-27)42(38,39)30-18-16-28(17-19-30)41-8-2/h9-20,24-25H,7-8,21-22H2,1-6H3,(H,33,37)/t24-,25-/m1/s1. The summed E-state index contributed by atoms with van der Waals surface area (Å²) in [5.41, 5.74) is 2.02. The molecule has 0 saturated carbocycles. The Morgan fingerprint density at radius 2 is 1.60 bits per heavy atom. The molecule has 3 rings (SSSR count). The van der Waals surface area contributed by atoms with E-state index < -0.39 is 28.5 Å². The Labute approximate surface area is 249 Å². The van der Waals surface area contributed by atoms with E-state index in [9.17, 15) is 18.0 Å². The summed E-state index contributed by atoms with van der Waals surface area (Å²) in [6, 6.07) is 19.3. The van der Waals surface area contributed by atoms with Crippen LogP contribution in [-0.4, -0.2) is 57.5 Å². The number of rotatable bonds is 14. The van der Waals surface area contributed by atoms with Crippen molar-refractivity contribution < 1.29 is 27.5 Å². The van der Waals surface area contributed by atoms with E-state index in [1.165, 1.54) is 17.0 Å². The number of sulfonamides is 1. The molecule has 10 heteroatoms. The fourth-order valence-corrected chi connectivity index (χ4v) is 5.67. The smallest absolute Gasteiger partial charge is 0.264 e. The van der Waals surface area contributed by atoms with Crippen molar-refractivity contribution in [3.05, 3.63) is 83.9 Å². The molecule has 0 fully saturated rings. The minimum Gasteiger partial charge on any atom is -0.497 e. The van der Waals surface area contributed by atoms with Gasteiger partial charge in [0.15, 0.2) is 0 Å². The number of amides is 2. The van der Waals surface area contributed by atoms with Gasteiger partial charge in [-0.25, -0.2) is 8.42 Å². The van der Waals surface area contributed by atoms with Crippen LogP contribution in [0.15, 0.2) is 77.7 Å². The Bertz CT molecular complexity index is 1440. The van der Waals surface area contributed by atoms with Crippen molar-refractivity contribution in [2.75, 3.05) is 24.6 Å². The molecule has 2 amide bonds. The number of methoxy groups -OCH3 is 1. The third kappa shape index (κ3) is 8.25. The van der Waals surface area contributed by atoms with Crippen LogP contribution < -0.4 is 19.1 Å². The van der Waals surface area contributed by atoms with Gasteiger partial charge in [0.2, 0.25) is 11.8 Å². The van der Waals surface area contributed by atoms with Crippen LogP contribution in [0.2, 0.25) is 0 Å². The quantitative estimate of drug-likeness (QED) is 0.283. The van der Waals surface area contributed by atoms with Crippen molar-refractivity contribution in [2.45, 2.75) is 64.6 Å². The van der Waals surface area contributed by atoms with Crippen LogP contribution in [0.4, 0.5) is 5.69 Å². The average molecular weight is 596 g/mol. The van der Waals surface area contributed by atoms with Gasteiger partial charge in [-0.15, -0.1) is 0 Å². The van der Waals surface area contributed by atoms with Crippen molar-refractivity contribution in [3.8, 4) is 11.5 Å². The summed E-state index contributed by atoms with van der Waals surface area (Å²) >= 11 is 0. The Morgan fingerprint density at radius 3 is 2.19 bits per heavy atom. The highest BCUT2D eigenvalue weighted by Crippen LogP contribution is 2.26. The number of anilines is 1. The van der Waals surface area contributed by atoms with Crippen LogP contribution in [0.1, 0.15) is 45.2 Å². The molecule has 42 heavy (non-hydrogen) atoms. The minimum atomic E-state index is -4.17. The lowest BCUT2D eigenvalue weighted by atomic mass is 10.1. The fourth-order valence-electron chi connectivity index (χ4n) is 4.26. The summed E-state index contributed by atoms with van der Waals surface area (Å²) in [5, 5.41) is 2.93. The molecular formula is C32H41N3O6S. The Balaban J connectivity index is 2.02. The van der Waals surface area contributed by atoms with Crippen LogP contribution in [0.5, 0.6) is 11.5 Å². The van der Waals surface area contributed by atoms with E-state index in [0.717, 1.165) is 21.9 Å². The molecule has 226 valence electrons. The summed E-state index contributed by atoms with van der Waals surface area (Å²) in [6.07, 6.45) is 0.726. The third-order valence-electron chi connectivity index (χ3n) is 6.98.